The Morgan fingerprint density at radius 2 is 1.21 bits per heavy atom. The van der Waals surface area contributed by atoms with E-state index in [1.807, 2.05) is 21.9 Å². The molecule has 5 aliphatic rings. The number of anilines is 6. The van der Waals surface area contributed by atoms with Gasteiger partial charge in [0, 0.05) is 44.8 Å². The van der Waals surface area contributed by atoms with Crippen molar-refractivity contribution in [1.82, 2.24) is 34.6 Å². The molecule has 2 fully saturated rings. The SMILES string of the molecule is CCCCOc1nc(N)c2c(n1)N1CCCN(C(=O)CN3Cc4ccccc4C3)CC1C(=O)N2.CCCCOc1nc(N)c2c(n1)N1CCCN(C(=O)c3cccc(C(=O)OC)c3)CC1C(=O)N2. The summed E-state index contributed by atoms with van der Waals surface area (Å²) >= 11 is 0. The molecule has 4 aromatic rings. The van der Waals surface area contributed by atoms with Crippen molar-refractivity contribution in [3.63, 3.8) is 0 Å². The minimum Gasteiger partial charge on any atom is -0.465 e. The molecule has 360 valence electrons. The van der Waals surface area contributed by atoms with Crippen molar-refractivity contribution in [2.75, 3.05) is 98.0 Å². The van der Waals surface area contributed by atoms with Crippen LogP contribution in [0.4, 0.5) is 34.6 Å². The minimum atomic E-state index is -0.652. The van der Waals surface area contributed by atoms with E-state index in [1.165, 1.54) is 24.3 Å². The van der Waals surface area contributed by atoms with Gasteiger partial charge in [0.15, 0.2) is 23.3 Å². The molecule has 0 saturated carbocycles. The predicted molar refractivity (Wildman–Crippen MR) is 253 cm³/mol. The molecule has 68 heavy (non-hydrogen) atoms. The highest BCUT2D eigenvalue weighted by Gasteiger charge is 2.41. The average molecular weight is 934 g/mol. The number of carbonyl (C=O) groups is 5. The largest absolute Gasteiger partial charge is 0.465 e. The van der Waals surface area contributed by atoms with Crippen LogP contribution < -0.4 is 41.4 Å². The number of amides is 4. The van der Waals surface area contributed by atoms with Crippen molar-refractivity contribution in [3.05, 3.63) is 70.8 Å². The van der Waals surface area contributed by atoms with Gasteiger partial charge in [0.05, 0.1) is 45.5 Å². The summed E-state index contributed by atoms with van der Waals surface area (Å²) in [4.78, 5) is 91.2. The summed E-state index contributed by atoms with van der Waals surface area (Å²) in [5.41, 5.74) is 16.2. The van der Waals surface area contributed by atoms with E-state index in [0.29, 0.717) is 87.5 Å². The van der Waals surface area contributed by atoms with Crippen LogP contribution >= 0.6 is 0 Å². The number of benzene rings is 2. The molecule has 2 aromatic heterocycles. The number of fused-ring (bicyclic) bond motifs is 7. The third-order valence-corrected chi connectivity index (χ3v) is 12.5. The monoisotopic (exact) mass is 933 g/mol. The summed E-state index contributed by atoms with van der Waals surface area (Å²) in [5.74, 6) is 0.152. The first-order chi connectivity index (χ1) is 33.0. The lowest BCUT2D eigenvalue weighted by molar-refractivity contribution is -0.133. The van der Waals surface area contributed by atoms with E-state index in [0.717, 1.165) is 45.2 Å². The van der Waals surface area contributed by atoms with Gasteiger partial charge in [0.25, 0.3) is 5.91 Å². The molecule has 2 saturated heterocycles. The van der Waals surface area contributed by atoms with E-state index < -0.39 is 18.1 Å². The highest BCUT2D eigenvalue weighted by atomic mass is 16.5. The number of aromatic nitrogens is 4. The van der Waals surface area contributed by atoms with Gasteiger partial charge in [-0.05, 0) is 55.0 Å². The van der Waals surface area contributed by atoms with Crippen molar-refractivity contribution in [2.45, 2.75) is 77.5 Å². The van der Waals surface area contributed by atoms with E-state index in [-0.39, 0.29) is 59.4 Å². The molecule has 0 aliphatic carbocycles. The Hall–Kier alpha value is -7.29. The zero-order valence-corrected chi connectivity index (χ0v) is 38.7. The zero-order chi connectivity index (χ0) is 47.9. The smallest absolute Gasteiger partial charge is 0.337 e. The fourth-order valence-corrected chi connectivity index (χ4v) is 8.93. The molecule has 6 N–H and O–H groups in total. The zero-order valence-electron chi connectivity index (χ0n) is 38.7. The third kappa shape index (κ3) is 10.3. The Bertz CT molecular complexity index is 2520. The Kier molecular flexibility index (Phi) is 14.7. The van der Waals surface area contributed by atoms with E-state index in [1.54, 1.807) is 28.0 Å². The predicted octanol–water partition coefficient (Wildman–Crippen LogP) is 3.31. The number of nitrogen functional groups attached to an aromatic ring is 2. The van der Waals surface area contributed by atoms with Crippen LogP contribution in [0.5, 0.6) is 12.0 Å². The van der Waals surface area contributed by atoms with E-state index >= 15 is 0 Å². The second-order valence-electron chi connectivity index (χ2n) is 17.3. The second-order valence-corrected chi connectivity index (χ2v) is 17.3. The summed E-state index contributed by atoms with van der Waals surface area (Å²) in [6.07, 6.45) is 5.06. The van der Waals surface area contributed by atoms with E-state index in [9.17, 15) is 24.0 Å². The summed E-state index contributed by atoms with van der Waals surface area (Å²) in [6, 6.07) is 13.8. The lowest BCUT2D eigenvalue weighted by atomic mass is 10.1. The van der Waals surface area contributed by atoms with Crippen LogP contribution in [0, 0.1) is 0 Å². The number of nitrogens with zero attached hydrogens (tertiary/aromatic N) is 9. The maximum Gasteiger partial charge on any atom is 0.337 e. The van der Waals surface area contributed by atoms with Crippen molar-refractivity contribution in [2.24, 2.45) is 0 Å². The number of nitrogens with one attached hydrogen (secondary N) is 2. The first-order valence-electron chi connectivity index (χ1n) is 23.3. The summed E-state index contributed by atoms with van der Waals surface area (Å²) in [6.45, 7) is 9.59. The van der Waals surface area contributed by atoms with Crippen molar-refractivity contribution < 1.29 is 38.2 Å². The second kappa shape index (κ2) is 21.1. The van der Waals surface area contributed by atoms with Gasteiger partial charge in [-0.3, -0.25) is 24.1 Å². The van der Waals surface area contributed by atoms with Crippen LogP contribution in [-0.4, -0.2) is 142 Å². The van der Waals surface area contributed by atoms with Gasteiger partial charge in [0.2, 0.25) is 17.7 Å². The highest BCUT2D eigenvalue weighted by molar-refractivity contribution is 6.07. The number of ether oxygens (including phenoxy) is 3. The number of rotatable bonds is 12. The quantitative estimate of drug-likeness (QED) is 0.117. The number of methoxy groups -OCH3 is 1. The number of nitrogens with two attached hydrogens (primary N) is 2. The fraction of sp³-hybridized carbons (Fsp3) is 0.468. The summed E-state index contributed by atoms with van der Waals surface area (Å²) in [5, 5.41) is 5.65. The topological polar surface area (TPSA) is 257 Å². The summed E-state index contributed by atoms with van der Waals surface area (Å²) in [7, 11) is 1.29. The van der Waals surface area contributed by atoms with Crippen LogP contribution in [0.1, 0.15) is 84.2 Å². The lowest BCUT2D eigenvalue weighted by Crippen LogP contribution is -2.54. The Balaban J connectivity index is 0.000000184. The first kappa shape index (κ1) is 47.2. The molecular weight excluding hydrogens is 875 g/mol. The number of unbranched alkanes of at least 4 members (excludes halogenated alkanes) is 2. The van der Waals surface area contributed by atoms with E-state index in [4.69, 9.17) is 25.7 Å². The van der Waals surface area contributed by atoms with Gasteiger partial charge >= 0.3 is 18.0 Å². The molecule has 9 rings (SSSR count). The number of hydrogen-bond donors (Lipinski definition) is 4. The number of carbonyl (C=O) groups excluding carboxylic acids is 5. The van der Waals surface area contributed by atoms with Gasteiger partial charge in [-0.1, -0.05) is 57.0 Å². The number of esters is 1. The molecule has 7 heterocycles. The Labute approximate surface area is 394 Å². The van der Waals surface area contributed by atoms with E-state index in [2.05, 4.69) is 61.4 Å². The normalized spacial score (nSPS) is 18.5. The Morgan fingerprint density at radius 1 is 0.691 bits per heavy atom. The minimum absolute atomic E-state index is 0.0408. The molecule has 2 unspecified atom stereocenters. The molecular formula is C47H59N13O8. The molecule has 4 amide bonds. The molecule has 2 aromatic carbocycles. The van der Waals surface area contributed by atoms with Gasteiger partial charge < -0.3 is 55.9 Å². The van der Waals surface area contributed by atoms with Crippen molar-refractivity contribution >= 4 is 64.2 Å². The molecule has 21 heteroatoms. The molecule has 5 aliphatic heterocycles. The number of hydrogen-bond acceptors (Lipinski definition) is 17. The van der Waals surface area contributed by atoms with Crippen LogP contribution in [0.2, 0.25) is 0 Å². The lowest BCUT2D eigenvalue weighted by Gasteiger charge is -2.36. The highest BCUT2D eigenvalue weighted by Crippen LogP contribution is 2.38. The molecule has 2 atom stereocenters. The molecule has 0 bridgehead atoms. The summed E-state index contributed by atoms with van der Waals surface area (Å²) < 4.78 is 16.1. The van der Waals surface area contributed by atoms with Crippen LogP contribution in [0.15, 0.2) is 48.5 Å². The maximum atomic E-state index is 13.3. The van der Waals surface area contributed by atoms with Gasteiger partial charge in [-0.15, -0.1) is 0 Å². The fourth-order valence-electron chi connectivity index (χ4n) is 8.93. The third-order valence-electron chi connectivity index (χ3n) is 12.5. The Morgan fingerprint density at radius 3 is 1.74 bits per heavy atom. The molecule has 21 nitrogen and oxygen atoms in total. The average Bonchev–Trinajstić information content (AvgIpc) is 3.46. The maximum absolute atomic E-state index is 13.3. The van der Waals surface area contributed by atoms with Crippen LogP contribution in [-0.2, 0) is 32.2 Å². The van der Waals surface area contributed by atoms with Crippen LogP contribution in [0.25, 0.3) is 0 Å². The standard InChI is InChI=1S/C24H31N7O3.C23H28N6O5/c1-2-3-11-34-24-27-21(25)20-22(28-24)31-10-6-9-30(14-18(31)23(33)26-20)19(32)15-29-12-16-7-4-5-8-17(16)13-29;1-3-4-11-34-23-26-18(24)17-19(27-23)29-10-6-9-28(13-16(29)20(30)25-17)21(31)14-7-5-8-15(12-14)22(32)33-2/h4-5,7-8,18H,2-3,6,9-15H2,1H3,(H,26,33)(H2,25,27,28);5,7-8,12,16H,3-4,6,9-11,13H2,1-2H3,(H,25,30)(H2,24,26,27). The van der Waals surface area contributed by atoms with Crippen LogP contribution in [0.3, 0.4) is 0 Å². The molecule has 0 radical (unpaired) electrons. The van der Waals surface area contributed by atoms with Crippen molar-refractivity contribution in [1.29, 1.82) is 0 Å². The van der Waals surface area contributed by atoms with Gasteiger partial charge in [-0.25, -0.2) is 4.79 Å². The van der Waals surface area contributed by atoms with Gasteiger partial charge in [-0.2, -0.15) is 19.9 Å². The van der Waals surface area contributed by atoms with Crippen molar-refractivity contribution in [3.8, 4) is 12.0 Å². The first-order valence-corrected chi connectivity index (χ1v) is 23.3. The molecule has 0 spiro atoms. The van der Waals surface area contributed by atoms with Gasteiger partial charge in [0.1, 0.15) is 23.5 Å².